The number of rotatable bonds is 3. The predicted molar refractivity (Wildman–Crippen MR) is 62.5 cm³/mol. The molecule has 1 fully saturated rings. The Bertz CT molecular complexity index is 395. The van der Waals surface area contributed by atoms with Gasteiger partial charge in [-0.25, -0.2) is 0 Å². The number of nitrogens with two attached hydrogens (primary N) is 1. The molecule has 0 amide bonds. The van der Waals surface area contributed by atoms with Crippen molar-refractivity contribution < 1.29 is 9.53 Å². The molecule has 1 aromatic rings. The Morgan fingerprint density at radius 2 is 2.38 bits per heavy atom. The number of Topliss-reactive ketones (excluding diaryl/α,β-unsaturated/α-hetero) is 1. The van der Waals surface area contributed by atoms with Crippen LogP contribution in [0.1, 0.15) is 29.3 Å². The van der Waals surface area contributed by atoms with E-state index in [1.165, 1.54) is 0 Å². The minimum atomic E-state index is -0.813. The smallest absolute Gasteiger partial charge is 0.185 e. The van der Waals surface area contributed by atoms with Gasteiger partial charge in [-0.15, -0.1) is 0 Å². The van der Waals surface area contributed by atoms with E-state index in [9.17, 15) is 4.79 Å². The average molecular weight is 219 g/mol. The van der Waals surface area contributed by atoms with Crippen LogP contribution in [0.25, 0.3) is 0 Å². The van der Waals surface area contributed by atoms with Crippen molar-refractivity contribution in [2.24, 2.45) is 5.73 Å². The molecule has 1 aromatic carbocycles. The van der Waals surface area contributed by atoms with Crippen LogP contribution in [-0.4, -0.2) is 24.5 Å². The molecular weight excluding hydrogens is 202 g/mol. The third-order valence-corrected chi connectivity index (χ3v) is 3.10. The second kappa shape index (κ2) is 4.36. The summed E-state index contributed by atoms with van der Waals surface area (Å²) >= 11 is 0. The first kappa shape index (κ1) is 11.3. The first-order valence-corrected chi connectivity index (χ1v) is 5.66. The summed E-state index contributed by atoms with van der Waals surface area (Å²) in [4.78, 5) is 12.2. The van der Waals surface area contributed by atoms with Crippen molar-refractivity contribution >= 4 is 5.78 Å². The molecule has 0 aromatic heterocycles. The third kappa shape index (κ3) is 2.01. The molecule has 0 radical (unpaired) electrons. The lowest BCUT2D eigenvalue weighted by molar-refractivity contribution is 0.0863. The van der Waals surface area contributed by atoms with Gasteiger partial charge in [0.25, 0.3) is 0 Å². The fourth-order valence-electron chi connectivity index (χ4n) is 1.98. The van der Waals surface area contributed by atoms with Gasteiger partial charge in [0.2, 0.25) is 0 Å². The first-order valence-electron chi connectivity index (χ1n) is 5.66. The number of carbonyl (C=O) groups excluding carboxylic acids is 1. The second-order valence-electron chi connectivity index (χ2n) is 4.34. The Morgan fingerprint density at radius 3 is 3.00 bits per heavy atom. The van der Waals surface area contributed by atoms with Crippen LogP contribution in [0.4, 0.5) is 0 Å². The lowest BCUT2D eigenvalue weighted by atomic mass is 9.89. The molecule has 16 heavy (non-hydrogen) atoms. The molecule has 1 heterocycles. The first-order chi connectivity index (χ1) is 7.65. The molecule has 1 aliphatic heterocycles. The summed E-state index contributed by atoms with van der Waals surface area (Å²) in [6.45, 7) is 2.98. The van der Waals surface area contributed by atoms with Crippen molar-refractivity contribution in [1.29, 1.82) is 0 Å². The zero-order valence-corrected chi connectivity index (χ0v) is 9.53. The molecule has 1 aliphatic rings. The van der Waals surface area contributed by atoms with Gasteiger partial charge in [-0.2, -0.15) is 0 Å². The zero-order valence-electron chi connectivity index (χ0n) is 9.53. The van der Waals surface area contributed by atoms with Gasteiger partial charge >= 0.3 is 0 Å². The number of ether oxygens (including phenoxy) is 1. The summed E-state index contributed by atoms with van der Waals surface area (Å²) < 4.78 is 5.21. The van der Waals surface area contributed by atoms with Gasteiger partial charge in [0.15, 0.2) is 5.78 Å². The van der Waals surface area contributed by atoms with Crippen molar-refractivity contribution in [3.63, 3.8) is 0 Å². The van der Waals surface area contributed by atoms with Crippen molar-refractivity contribution in [1.82, 2.24) is 0 Å². The van der Waals surface area contributed by atoms with Crippen molar-refractivity contribution in [2.45, 2.75) is 25.3 Å². The largest absolute Gasteiger partial charge is 0.379 e. The summed E-state index contributed by atoms with van der Waals surface area (Å²) in [5.41, 5.74) is 7.10. The fourth-order valence-corrected chi connectivity index (χ4v) is 1.98. The highest BCUT2D eigenvalue weighted by molar-refractivity contribution is 6.03. The Morgan fingerprint density at radius 1 is 1.56 bits per heavy atom. The number of ketones is 1. The molecule has 0 bridgehead atoms. The lowest BCUT2D eigenvalue weighted by Gasteiger charge is -2.20. The van der Waals surface area contributed by atoms with E-state index in [1.54, 1.807) is 0 Å². The summed E-state index contributed by atoms with van der Waals surface area (Å²) in [6.07, 6.45) is 1.54. The Hall–Kier alpha value is -1.19. The topological polar surface area (TPSA) is 52.3 Å². The highest BCUT2D eigenvalue weighted by Gasteiger charge is 2.38. The highest BCUT2D eigenvalue weighted by Crippen LogP contribution is 2.21. The van der Waals surface area contributed by atoms with Crippen LogP contribution in [-0.2, 0) is 11.2 Å². The van der Waals surface area contributed by atoms with Gasteiger partial charge in [0.1, 0.15) is 5.54 Å². The van der Waals surface area contributed by atoms with Gasteiger partial charge in [0.05, 0.1) is 6.61 Å². The maximum Gasteiger partial charge on any atom is 0.185 e. The fraction of sp³-hybridized carbons (Fsp3) is 0.462. The molecule has 3 heteroatoms. The van der Waals surface area contributed by atoms with Gasteiger partial charge in [-0.05, 0) is 24.5 Å². The van der Waals surface area contributed by atoms with E-state index in [4.69, 9.17) is 10.5 Å². The number of benzene rings is 1. The van der Waals surface area contributed by atoms with Gasteiger partial charge in [0, 0.05) is 12.2 Å². The minimum absolute atomic E-state index is 0.000278. The predicted octanol–water partition coefficient (Wildman–Crippen LogP) is 1.55. The molecule has 1 unspecified atom stereocenters. The number of carbonyl (C=O) groups is 1. The van der Waals surface area contributed by atoms with Gasteiger partial charge < -0.3 is 10.5 Å². The number of hydrogen-bond donors (Lipinski definition) is 1. The monoisotopic (exact) mass is 219 g/mol. The normalized spacial score (nSPS) is 24.6. The lowest BCUT2D eigenvalue weighted by Crippen LogP contribution is -2.48. The minimum Gasteiger partial charge on any atom is -0.379 e. The maximum atomic E-state index is 12.2. The summed E-state index contributed by atoms with van der Waals surface area (Å²) in [5, 5.41) is 0. The number of aryl methyl sites for hydroxylation is 1. The highest BCUT2D eigenvalue weighted by atomic mass is 16.5. The van der Waals surface area contributed by atoms with Crippen LogP contribution in [0.15, 0.2) is 24.3 Å². The van der Waals surface area contributed by atoms with E-state index in [2.05, 4.69) is 6.92 Å². The van der Waals surface area contributed by atoms with E-state index in [0.29, 0.717) is 25.2 Å². The Labute approximate surface area is 95.6 Å². The standard InChI is InChI=1S/C13H17NO2/c1-2-10-4-3-5-11(8-10)12(15)13(14)6-7-16-9-13/h3-5,8H,2,6-7,9,14H2,1H3. The third-order valence-electron chi connectivity index (χ3n) is 3.10. The van der Waals surface area contributed by atoms with Gasteiger partial charge in [-0.3, -0.25) is 4.79 Å². The van der Waals surface area contributed by atoms with Crippen molar-refractivity contribution in [3.8, 4) is 0 Å². The molecule has 1 atom stereocenters. The number of hydrogen-bond acceptors (Lipinski definition) is 3. The van der Waals surface area contributed by atoms with Crippen LogP contribution in [0.5, 0.6) is 0 Å². The van der Waals surface area contributed by atoms with E-state index < -0.39 is 5.54 Å². The second-order valence-corrected chi connectivity index (χ2v) is 4.34. The van der Waals surface area contributed by atoms with Crippen LogP contribution in [0.3, 0.4) is 0 Å². The molecule has 0 aliphatic carbocycles. The van der Waals surface area contributed by atoms with Crippen LogP contribution < -0.4 is 5.73 Å². The summed E-state index contributed by atoms with van der Waals surface area (Å²) in [7, 11) is 0. The SMILES string of the molecule is CCc1cccc(C(=O)C2(N)CCOC2)c1. The van der Waals surface area contributed by atoms with Crippen LogP contribution in [0, 0.1) is 0 Å². The van der Waals surface area contributed by atoms with E-state index >= 15 is 0 Å². The summed E-state index contributed by atoms with van der Waals surface area (Å²) in [6, 6.07) is 7.68. The molecule has 1 saturated heterocycles. The molecule has 86 valence electrons. The van der Waals surface area contributed by atoms with Crippen LogP contribution >= 0.6 is 0 Å². The van der Waals surface area contributed by atoms with Gasteiger partial charge in [-0.1, -0.05) is 25.1 Å². The molecule has 3 nitrogen and oxygen atoms in total. The molecule has 2 N–H and O–H groups in total. The van der Waals surface area contributed by atoms with Crippen LogP contribution in [0.2, 0.25) is 0 Å². The zero-order chi connectivity index (χ0) is 11.6. The van der Waals surface area contributed by atoms with Crippen molar-refractivity contribution in [3.05, 3.63) is 35.4 Å². The van der Waals surface area contributed by atoms with Crippen molar-refractivity contribution in [2.75, 3.05) is 13.2 Å². The molecule has 0 spiro atoms. The quantitative estimate of drug-likeness (QED) is 0.785. The molecular formula is C13H17NO2. The van der Waals surface area contributed by atoms with E-state index in [-0.39, 0.29) is 5.78 Å². The Balaban J connectivity index is 2.26. The Kier molecular flexibility index (Phi) is 3.08. The maximum absolute atomic E-state index is 12.2. The molecule has 2 rings (SSSR count). The summed E-state index contributed by atoms with van der Waals surface area (Å²) in [5.74, 6) is 0.000278. The average Bonchev–Trinajstić information content (AvgIpc) is 2.76. The molecule has 0 saturated carbocycles. The van der Waals surface area contributed by atoms with E-state index in [0.717, 1.165) is 12.0 Å². The van der Waals surface area contributed by atoms with E-state index in [1.807, 2.05) is 24.3 Å².